The van der Waals surface area contributed by atoms with Crippen LogP contribution in [0.2, 0.25) is 0 Å². The summed E-state index contributed by atoms with van der Waals surface area (Å²) < 4.78 is 0. The van der Waals surface area contributed by atoms with Crippen molar-refractivity contribution in [2.45, 2.75) is 33.2 Å². The molecule has 0 saturated carbocycles. The topological polar surface area (TPSA) is 41.0 Å². The van der Waals surface area contributed by atoms with Gasteiger partial charge in [-0.15, -0.1) is 0 Å². The van der Waals surface area contributed by atoms with Gasteiger partial charge in [-0.25, -0.2) is 9.97 Å². The van der Waals surface area contributed by atoms with Crippen molar-refractivity contribution in [1.29, 1.82) is 0 Å². The molecule has 1 N–H and O–H groups in total. The lowest BCUT2D eigenvalue weighted by atomic mass is 10.1. The van der Waals surface area contributed by atoms with Crippen LogP contribution < -0.4 is 10.2 Å². The first-order valence-corrected chi connectivity index (χ1v) is 8.67. The summed E-state index contributed by atoms with van der Waals surface area (Å²) in [5, 5.41) is 3.40. The maximum atomic E-state index is 4.70. The van der Waals surface area contributed by atoms with Gasteiger partial charge in [-0.2, -0.15) is 0 Å². The Morgan fingerprint density at radius 1 is 1.00 bits per heavy atom. The lowest BCUT2D eigenvalue weighted by molar-refractivity contribution is 0.747. The zero-order chi connectivity index (χ0) is 17.4. The van der Waals surface area contributed by atoms with Gasteiger partial charge in [0.05, 0.1) is 0 Å². The maximum Gasteiger partial charge on any atom is 0.139 e. The SMILES string of the molecule is Cc1ccc(Nc2cc(N3c4ccccc4CC3C)nc(C)n2)cc1. The van der Waals surface area contributed by atoms with E-state index in [1.165, 1.54) is 16.8 Å². The summed E-state index contributed by atoms with van der Waals surface area (Å²) in [6.45, 7) is 6.27. The van der Waals surface area contributed by atoms with Crippen LogP contribution in [0.5, 0.6) is 0 Å². The van der Waals surface area contributed by atoms with Crippen molar-refractivity contribution in [1.82, 2.24) is 9.97 Å². The highest BCUT2D eigenvalue weighted by molar-refractivity contribution is 5.71. The minimum absolute atomic E-state index is 0.388. The predicted octanol–water partition coefficient (Wildman–Crippen LogP) is 4.92. The number of rotatable bonds is 3. The molecule has 1 aromatic heterocycles. The highest BCUT2D eigenvalue weighted by atomic mass is 15.2. The van der Waals surface area contributed by atoms with Gasteiger partial charge in [0.15, 0.2) is 0 Å². The fraction of sp³-hybridized carbons (Fsp3) is 0.238. The first-order chi connectivity index (χ1) is 12.1. The second-order valence-electron chi connectivity index (χ2n) is 6.70. The average Bonchev–Trinajstić information content (AvgIpc) is 2.92. The number of aryl methyl sites for hydroxylation is 2. The smallest absolute Gasteiger partial charge is 0.139 e. The van der Waals surface area contributed by atoms with E-state index in [4.69, 9.17) is 4.98 Å². The van der Waals surface area contributed by atoms with E-state index in [9.17, 15) is 0 Å². The molecule has 2 aromatic carbocycles. The highest BCUT2D eigenvalue weighted by Crippen LogP contribution is 2.37. The van der Waals surface area contributed by atoms with Gasteiger partial charge >= 0.3 is 0 Å². The van der Waals surface area contributed by atoms with Crippen LogP contribution in [-0.2, 0) is 6.42 Å². The van der Waals surface area contributed by atoms with Crippen LogP contribution in [0.1, 0.15) is 23.9 Å². The largest absolute Gasteiger partial charge is 0.340 e. The molecule has 25 heavy (non-hydrogen) atoms. The Bertz CT molecular complexity index is 902. The van der Waals surface area contributed by atoms with Gasteiger partial charge in [-0.05, 0) is 51.0 Å². The van der Waals surface area contributed by atoms with E-state index in [-0.39, 0.29) is 0 Å². The summed E-state index contributed by atoms with van der Waals surface area (Å²) in [5.41, 5.74) is 4.89. The fourth-order valence-electron chi connectivity index (χ4n) is 3.44. The molecular formula is C21H22N4. The molecular weight excluding hydrogens is 308 g/mol. The summed E-state index contributed by atoms with van der Waals surface area (Å²) in [7, 11) is 0. The van der Waals surface area contributed by atoms with Gasteiger partial charge in [0.1, 0.15) is 17.5 Å². The Morgan fingerprint density at radius 3 is 2.56 bits per heavy atom. The molecule has 0 radical (unpaired) electrons. The van der Waals surface area contributed by atoms with Crippen molar-refractivity contribution in [3.8, 4) is 0 Å². The number of aromatic nitrogens is 2. The van der Waals surface area contributed by atoms with E-state index in [1.54, 1.807) is 0 Å². The van der Waals surface area contributed by atoms with Crippen molar-refractivity contribution in [2.24, 2.45) is 0 Å². The summed E-state index contributed by atoms with van der Waals surface area (Å²) in [4.78, 5) is 11.6. The number of hydrogen-bond acceptors (Lipinski definition) is 4. The van der Waals surface area contributed by atoms with Crippen LogP contribution in [0, 0.1) is 13.8 Å². The molecule has 126 valence electrons. The van der Waals surface area contributed by atoms with E-state index in [0.717, 1.165) is 29.6 Å². The molecule has 1 unspecified atom stereocenters. The van der Waals surface area contributed by atoms with Crippen LogP contribution in [0.15, 0.2) is 54.6 Å². The number of hydrogen-bond donors (Lipinski definition) is 1. The Labute approximate surface area is 148 Å². The van der Waals surface area contributed by atoms with Crippen molar-refractivity contribution in [3.05, 3.63) is 71.5 Å². The molecule has 4 rings (SSSR count). The van der Waals surface area contributed by atoms with E-state index in [0.29, 0.717) is 6.04 Å². The molecule has 0 amide bonds. The van der Waals surface area contributed by atoms with Gasteiger partial charge in [0.2, 0.25) is 0 Å². The maximum absolute atomic E-state index is 4.70. The second kappa shape index (κ2) is 6.20. The molecule has 2 heterocycles. The first kappa shape index (κ1) is 15.6. The van der Waals surface area contributed by atoms with Gasteiger partial charge < -0.3 is 10.2 Å². The van der Waals surface area contributed by atoms with Crippen LogP contribution in [0.3, 0.4) is 0 Å². The fourth-order valence-corrected chi connectivity index (χ4v) is 3.44. The van der Waals surface area contributed by atoms with Crippen molar-refractivity contribution in [2.75, 3.05) is 10.2 Å². The van der Waals surface area contributed by atoms with E-state index < -0.39 is 0 Å². The lowest BCUT2D eigenvalue weighted by Crippen LogP contribution is -2.25. The molecule has 0 fully saturated rings. The molecule has 4 nitrogen and oxygen atoms in total. The monoisotopic (exact) mass is 330 g/mol. The molecule has 4 heteroatoms. The molecule has 0 saturated heterocycles. The normalized spacial score (nSPS) is 16.0. The van der Waals surface area contributed by atoms with E-state index in [2.05, 4.69) is 77.6 Å². The minimum atomic E-state index is 0.388. The molecule has 1 aliphatic heterocycles. The quantitative estimate of drug-likeness (QED) is 0.740. The van der Waals surface area contributed by atoms with Crippen molar-refractivity contribution < 1.29 is 0 Å². The molecule has 0 spiro atoms. The molecule has 1 atom stereocenters. The second-order valence-corrected chi connectivity index (χ2v) is 6.70. The van der Waals surface area contributed by atoms with Gasteiger partial charge in [0.25, 0.3) is 0 Å². The van der Waals surface area contributed by atoms with E-state index in [1.807, 2.05) is 13.0 Å². The number of para-hydroxylation sites is 1. The van der Waals surface area contributed by atoms with E-state index >= 15 is 0 Å². The summed E-state index contributed by atoms with van der Waals surface area (Å²) in [6.07, 6.45) is 1.04. The Hall–Kier alpha value is -2.88. The van der Waals surface area contributed by atoms with Crippen LogP contribution >= 0.6 is 0 Å². The first-order valence-electron chi connectivity index (χ1n) is 8.67. The third kappa shape index (κ3) is 3.07. The molecule has 0 bridgehead atoms. The third-order valence-corrected chi connectivity index (χ3v) is 4.60. The summed E-state index contributed by atoms with van der Waals surface area (Å²) >= 11 is 0. The highest BCUT2D eigenvalue weighted by Gasteiger charge is 2.28. The third-order valence-electron chi connectivity index (χ3n) is 4.60. The van der Waals surface area contributed by atoms with Gasteiger partial charge in [-0.3, -0.25) is 0 Å². The Kier molecular flexibility index (Phi) is 3.88. The van der Waals surface area contributed by atoms with Gasteiger partial charge in [-0.1, -0.05) is 35.9 Å². The number of benzene rings is 2. The molecule has 3 aromatic rings. The van der Waals surface area contributed by atoms with Crippen LogP contribution in [0.25, 0.3) is 0 Å². The Morgan fingerprint density at radius 2 is 1.76 bits per heavy atom. The predicted molar refractivity (Wildman–Crippen MR) is 103 cm³/mol. The number of nitrogens with zero attached hydrogens (tertiary/aromatic N) is 3. The number of fused-ring (bicyclic) bond motifs is 1. The standard InChI is InChI=1S/C21H22N4/c1-14-8-10-18(11-9-14)24-20-13-21(23-16(3)22-20)25-15(2)12-17-6-4-5-7-19(17)25/h4-11,13,15H,12H2,1-3H3,(H,22,23,24). The number of nitrogens with one attached hydrogen (secondary N) is 1. The average molecular weight is 330 g/mol. The van der Waals surface area contributed by atoms with Crippen LogP contribution in [0.4, 0.5) is 23.0 Å². The van der Waals surface area contributed by atoms with Crippen molar-refractivity contribution >= 4 is 23.0 Å². The molecule has 1 aliphatic rings. The minimum Gasteiger partial charge on any atom is -0.340 e. The number of anilines is 4. The van der Waals surface area contributed by atoms with Gasteiger partial charge in [0, 0.05) is 23.5 Å². The summed E-state index contributed by atoms with van der Waals surface area (Å²) in [6, 6.07) is 19.3. The van der Waals surface area contributed by atoms with Crippen molar-refractivity contribution in [3.63, 3.8) is 0 Å². The lowest BCUT2D eigenvalue weighted by Gasteiger charge is -2.24. The van der Waals surface area contributed by atoms with Crippen LogP contribution in [-0.4, -0.2) is 16.0 Å². The molecule has 0 aliphatic carbocycles. The zero-order valence-corrected chi connectivity index (χ0v) is 14.8. The Balaban J connectivity index is 1.69. The zero-order valence-electron chi connectivity index (χ0n) is 14.8. The summed E-state index contributed by atoms with van der Waals surface area (Å²) in [5.74, 6) is 2.53.